The van der Waals surface area contributed by atoms with Gasteiger partial charge in [0.2, 0.25) is 0 Å². The first-order valence-corrected chi connectivity index (χ1v) is 5.59. The van der Waals surface area contributed by atoms with E-state index in [1.807, 2.05) is 0 Å². The molecule has 2 atom stereocenters. The summed E-state index contributed by atoms with van der Waals surface area (Å²) in [5.74, 6) is 0. The van der Waals surface area contributed by atoms with Crippen molar-refractivity contribution < 1.29 is 0 Å². The average Bonchev–Trinajstić information content (AvgIpc) is 2.28. The van der Waals surface area contributed by atoms with E-state index >= 15 is 0 Å². The van der Waals surface area contributed by atoms with Gasteiger partial charge in [-0.3, -0.25) is 4.90 Å². The number of hydrogen-bond acceptors (Lipinski definition) is 2. The molecule has 1 heterocycles. The molecule has 0 aromatic carbocycles. The normalized spacial score (nSPS) is 28.0. The Morgan fingerprint density at radius 3 is 2.77 bits per heavy atom. The molecule has 0 amide bonds. The van der Waals surface area contributed by atoms with Crippen molar-refractivity contribution >= 4 is 17.2 Å². The number of rotatable bonds is 2. The van der Waals surface area contributed by atoms with Gasteiger partial charge >= 0.3 is 0 Å². The lowest BCUT2D eigenvalue weighted by molar-refractivity contribution is 0.195. The lowest BCUT2D eigenvalue weighted by atomic mass is 10.1. The predicted molar refractivity (Wildman–Crippen MR) is 60.9 cm³/mol. The van der Waals surface area contributed by atoms with E-state index < -0.39 is 0 Å². The molecule has 76 valence electrons. The minimum Gasteiger partial charge on any atom is -0.392 e. The van der Waals surface area contributed by atoms with E-state index in [1.54, 1.807) is 0 Å². The zero-order valence-corrected chi connectivity index (χ0v) is 9.44. The molecule has 2 unspecified atom stereocenters. The van der Waals surface area contributed by atoms with Crippen molar-refractivity contribution in [3.05, 3.63) is 0 Å². The maximum atomic E-state index is 5.67. The first-order chi connectivity index (χ1) is 6.13. The minimum atomic E-state index is 0.267. The van der Waals surface area contributed by atoms with E-state index in [-0.39, 0.29) is 6.04 Å². The summed E-state index contributed by atoms with van der Waals surface area (Å²) in [6, 6.07) is 0.905. The van der Waals surface area contributed by atoms with Crippen LogP contribution in [-0.4, -0.2) is 28.5 Å². The highest BCUT2D eigenvalue weighted by atomic mass is 32.1. The Bertz CT molecular complexity index is 182. The molecule has 2 nitrogen and oxygen atoms in total. The van der Waals surface area contributed by atoms with Crippen molar-refractivity contribution in [3.63, 3.8) is 0 Å². The summed E-state index contributed by atoms with van der Waals surface area (Å²) in [6.07, 6.45) is 5.27. The van der Waals surface area contributed by atoms with Crippen LogP contribution in [0.5, 0.6) is 0 Å². The van der Waals surface area contributed by atoms with Gasteiger partial charge < -0.3 is 5.73 Å². The monoisotopic (exact) mass is 200 g/mol. The summed E-state index contributed by atoms with van der Waals surface area (Å²) in [7, 11) is 0. The van der Waals surface area contributed by atoms with Crippen LogP contribution in [0.3, 0.4) is 0 Å². The molecule has 0 aromatic heterocycles. The minimum absolute atomic E-state index is 0.267. The fourth-order valence-corrected chi connectivity index (χ4v) is 2.17. The number of hydrogen-bond donors (Lipinski definition) is 1. The smallest absolute Gasteiger partial charge is 0.0899 e. The van der Waals surface area contributed by atoms with Crippen molar-refractivity contribution in [2.24, 2.45) is 5.73 Å². The van der Waals surface area contributed by atoms with Crippen LogP contribution in [0, 0.1) is 0 Å². The van der Waals surface area contributed by atoms with Gasteiger partial charge in [0, 0.05) is 6.04 Å². The van der Waals surface area contributed by atoms with E-state index in [4.69, 9.17) is 18.0 Å². The van der Waals surface area contributed by atoms with E-state index in [2.05, 4.69) is 18.7 Å². The molecule has 3 heteroatoms. The Morgan fingerprint density at radius 2 is 2.15 bits per heavy atom. The molecule has 0 bridgehead atoms. The molecule has 2 N–H and O–H groups in total. The van der Waals surface area contributed by atoms with Gasteiger partial charge in [0.1, 0.15) is 0 Å². The molecule has 0 aliphatic carbocycles. The largest absolute Gasteiger partial charge is 0.392 e. The second-order valence-electron chi connectivity index (χ2n) is 4.01. The SMILES string of the molecule is CC1CCCCCN1C(C)C(N)=S. The molecular formula is C10H20N2S. The first kappa shape index (κ1) is 10.9. The Morgan fingerprint density at radius 1 is 1.46 bits per heavy atom. The van der Waals surface area contributed by atoms with Crippen LogP contribution in [0.15, 0.2) is 0 Å². The molecule has 0 saturated carbocycles. The van der Waals surface area contributed by atoms with Crippen LogP contribution in [0.4, 0.5) is 0 Å². The highest BCUT2D eigenvalue weighted by molar-refractivity contribution is 7.80. The number of likely N-dealkylation sites (tertiary alicyclic amines) is 1. The van der Waals surface area contributed by atoms with Crippen molar-refractivity contribution in [2.75, 3.05) is 6.54 Å². The fraction of sp³-hybridized carbons (Fsp3) is 0.900. The molecular weight excluding hydrogens is 180 g/mol. The van der Waals surface area contributed by atoms with Gasteiger partial charge in [-0.1, -0.05) is 25.1 Å². The predicted octanol–water partition coefficient (Wildman–Crippen LogP) is 1.93. The Kier molecular flexibility index (Phi) is 4.13. The molecule has 1 rings (SSSR count). The van der Waals surface area contributed by atoms with E-state index in [1.165, 1.54) is 25.7 Å². The molecule has 1 aliphatic heterocycles. The van der Waals surface area contributed by atoms with Gasteiger partial charge in [0.25, 0.3) is 0 Å². The molecule has 0 radical (unpaired) electrons. The third-order valence-corrected chi connectivity index (χ3v) is 3.35. The lowest BCUT2D eigenvalue weighted by Gasteiger charge is -2.32. The molecule has 1 fully saturated rings. The number of thiocarbonyl (C=S) groups is 1. The second-order valence-corrected chi connectivity index (χ2v) is 4.49. The van der Waals surface area contributed by atoms with Gasteiger partial charge in [-0.2, -0.15) is 0 Å². The Labute approximate surface area is 86.5 Å². The highest BCUT2D eigenvalue weighted by Gasteiger charge is 2.22. The first-order valence-electron chi connectivity index (χ1n) is 5.18. The molecule has 0 aromatic rings. The van der Waals surface area contributed by atoms with Crippen LogP contribution >= 0.6 is 12.2 Å². The third-order valence-electron chi connectivity index (χ3n) is 3.01. The van der Waals surface area contributed by atoms with Crippen LogP contribution in [0.25, 0.3) is 0 Å². The van der Waals surface area contributed by atoms with Crippen molar-refractivity contribution in [3.8, 4) is 0 Å². The van der Waals surface area contributed by atoms with Crippen LogP contribution in [-0.2, 0) is 0 Å². The van der Waals surface area contributed by atoms with Crippen molar-refractivity contribution in [1.29, 1.82) is 0 Å². The van der Waals surface area contributed by atoms with E-state index in [9.17, 15) is 0 Å². The second kappa shape index (κ2) is 4.91. The van der Waals surface area contributed by atoms with Gasteiger partial charge in [0.05, 0.1) is 11.0 Å². The topological polar surface area (TPSA) is 29.3 Å². The molecule has 0 spiro atoms. The maximum absolute atomic E-state index is 5.67. The lowest BCUT2D eigenvalue weighted by Crippen LogP contribution is -2.46. The molecule has 1 saturated heterocycles. The summed E-state index contributed by atoms with van der Waals surface area (Å²) in [5, 5.41) is 0. The van der Waals surface area contributed by atoms with E-state index in [0.29, 0.717) is 11.0 Å². The summed E-state index contributed by atoms with van der Waals surface area (Å²) in [6.45, 7) is 5.55. The third kappa shape index (κ3) is 2.92. The van der Waals surface area contributed by atoms with Crippen LogP contribution in [0.1, 0.15) is 39.5 Å². The standard InChI is InChI=1S/C10H20N2S/c1-8-6-4-3-5-7-12(8)9(2)10(11)13/h8-9H,3-7H2,1-2H3,(H2,11,13). The Hall–Kier alpha value is -0.150. The molecule has 1 aliphatic rings. The summed E-state index contributed by atoms with van der Waals surface area (Å²) in [4.78, 5) is 3.07. The van der Waals surface area contributed by atoms with Gasteiger partial charge in [-0.15, -0.1) is 0 Å². The molecule has 13 heavy (non-hydrogen) atoms. The number of nitrogens with zero attached hydrogens (tertiary/aromatic N) is 1. The van der Waals surface area contributed by atoms with Crippen LogP contribution < -0.4 is 5.73 Å². The zero-order chi connectivity index (χ0) is 9.84. The zero-order valence-electron chi connectivity index (χ0n) is 8.62. The van der Waals surface area contributed by atoms with Gasteiger partial charge in [-0.25, -0.2) is 0 Å². The number of nitrogens with two attached hydrogens (primary N) is 1. The van der Waals surface area contributed by atoms with Gasteiger partial charge in [-0.05, 0) is 33.2 Å². The summed E-state index contributed by atoms with van der Waals surface area (Å²) < 4.78 is 0. The van der Waals surface area contributed by atoms with Crippen LogP contribution in [0.2, 0.25) is 0 Å². The summed E-state index contributed by atoms with van der Waals surface area (Å²) >= 11 is 5.03. The maximum Gasteiger partial charge on any atom is 0.0899 e. The fourth-order valence-electron chi connectivity index (χ4n) is 2.04. The quantitative estimate of drug-likeness (QED) is 0.691. The van der Waals surface area contributed by atoms with E-state index in [0.717, 1.165) is 6.54 Å². The van der Waals surface area contributed by atoms with Crippen molar-refractivity contribution in [1.82, 2.24) is 4.90 Å². The highest BCUT2D eigenvalue weighted by Crippen LogP contribution is 2.18. The summed E-state index contributed by atoms with van der Waals surface area (Å²) in [5.41, 5.74) is 5.67. The van der Waals surface area contributed by atoms with Crippen molar-refractivity contribution in [2.45, 2.75) is 51.6 Å². The average molecular weight is 200 g/mol. The van der Waals surface area contributed by atoms with Gasteiger partial charge in [0.15, 0.2) is 0 Å². The Balaban J connectivity index is 2.58.